The van der Waals surface area contributed by atoms with Gasteiger partial charge in [0, 0.05) is 12.5 Å². The summed E-state index contributed by atoms with van der Waals surface area (Å²) in [5, 5.41) is 11.5. The largest absolute Gasteiger partial charge is 0.497 e. The summed E-state index contributed by atoms with van der Waals surface area (Å²) < 4.78 is 5.26. The number of likely N-dealkylation sites (tertiary alicyclic amines) is 1. The van der Waals surface area contributed by atoms with Crippen molar-refractivity contribution in [3.05, 3.63) is 29.8 Å². The molecule has 2 N–H and O–H groups in total. The third-order valence-corrected chi connectivity index (χ3v) is 4.80. The van der Waals surface area contributed by atoms with E-state index in [1.54, 1.807) is 12.0 Å². The van der Waals surface area contributed by atoms with E-state index in [1.807, 2.05) is 24.3 Å². The Morgan fingerprint density at radius 2 is 2.08 bits per heavy atom. The van der Waals surface area contributed by atoms with Gasteiger partial charge in [0.1, 0.15) is 11.8 Å². The van der Waals surface area contributed by atoms with Crippen molar-refractivity contribution in [2.45, 2.75) is 44.3 Å². The number of hydrogen-bond acceptors (Lipinski definition) is 4. The van der Waals surface area contributed by atoms with E-state index in [0.29, 0.717) is 5.75 Å². The van der Waals surface area contributed by atoms with E-state index in [-0.39, 0.29) is 18.4 Å². The number of ether oxygens (including phenoxy) is 1. The molecule has 1 saturated carbocycles. The van der Waals surface area contributed by atoms with Crippen LogP contribution in [0.1, 0.15) is 37.8 Å². The van der Waals surface area contributed by atoms with Gasteiger partial charge in [0.15, 0.2) is 0 Å². The molecule has 0 aromatic heterocycles. The Bertz CT molecular complexity index is 700. The van der Waals surface area contributed by atoms with Crippen molar-refractivity contribution in [3.63, 3.8) is 0 Å². The van der Waals surface area contributed by atoms with Gasteiger partial charge in [-0.15, -0.1) is 0 Å². The maximum absolute atomic E-state index is 12.6. The molecule has 7 heteroatoms. The molecule has 3 atom stereocenters. The van der Waals surface area contributed by atoms with Gasteiger partial charge in [0.2, 0.25) is 11.8 Å². The summed E-state index contributed by atoms with van der Waals surface area (Å²) >= 11 is 0. The minimum Gasteiger partial charge on any atom is -0.497 e. The summed E-state index contributed by atoms with van der Waals surface area (Å²) in [5.41, 5.74) is 0.834. The monoisotopic (exact) mass is 346 g/mol. The molecule has 25 heavy (non-hydrogen) atoms. The van der Waals surface area contributed by atoms with Crippen LogP contribution in [0.2, 0.25) is 0 Å². The lowest BCUT2D eigenvalue weighted by molar-refractivity contribution is -0.142. The van der Waals surface area contributed by atoms with Crippen LogP contribution in [0.3, 0.4) is 0 Å². The van der Waals surface area contributed by atoms with Crippen LogP contribution in [-0.2, 0) is 14.4 Å². The summed E-state index contributed by atoms with van der Waals surface area (Å²) in [6, 6.07) is 6.12. The van der Waals surface area contributed by atoms with Crippen molar-refractivity contribution >= 4 is 17.8 Å². The highest BCUT2D eigenvalue weighted by atomic mass is 16.5. The molecule has 1 saturated heterocycles. The first-order chi connectivity index (χ1) is 11.9. The fourth-order valence-corrected chi connectivity index (χ4v) is 3.37. The zero-order valence-electron chi connectivity index (χ0n) is 14.3. The average Bonchev–Trinajstić information content (AvgIpc) is 3.36. The van der Waals surface area contributed by atoms with Crippen molar-refractivity contribution in [1.29, 1.82) is 0 Å². The molecule has 3 unspecified atom stereocenters. The first kappa shape index (κ1) is 17.3. The normalized spacial score (nSPS) is 24.1. The second-order valence-electron chi connectivity index (χ2n) is 6.63. The van der Waals surface area contributed by atoms with Crippen molar-refractivity contribution in [2.75, 3.05) is 7.11 Å². The molecular formula is C18H22N2O5. The van der Waals surface area contributed by atoms with Crippen LogP contribution in [-0.4, -0.2) is 47.0 Å². The zero-order chi connectivity index (χ0) is 18.1. The number of carbonyl (C=O) groups is 3. The number of carboxylic acid groups (broad SMARTS) is 1. The number of nitrogens with zero attached hydrogens (tertiary/aromatic N) is 1. The van der Waals surface area contributed by atoms with Gasteiger partial charge in [0.05, 0.1) is 19.1 Å². The lowest BCUT2D eigenvalue weighted by Gasteiger charge is -2.29. The molecule has 134 valence electrons. The Kier molecular flexibility index (Phi) is 4.65. The minimum absolute atomic E-state index is 0.0570. The standard InChI is InChI=1S/C18H22N2O5/c1-10(18(23)24)19-17(22)14-9-15(21)20(12-6-7-12)16(14)11-4-3-5-13(8-11)25-2/h3-5,8,10,12,14,16H,6-7,9H2,1-2H3,(H,19,22)(H,23,24). The van der Waals surface area contributed by atoms with E-state index >= 15 is 0 Å². The molecule has 1 aliphatic carbocycles. The lowest BCUT2D eigenvalue weighted by atomic mass is 9.92. The second kappa shape index (κ2) is 6.74. The van der Waals surface area contributed by atoms with Gasteiger partial charge in [-0.1, -0.05) is 12.1 Å². The van der Waals surface area contributed by atoms with Gasteiger partial charge >= 0.3 is 5.97 Å². The number of carbonyl (C=O) groups excluding carboxylic acids is 2. The molecule has 2 fully saturated rings. The predicted octanol–water partition coefficient (Wildman–Crippen LogP) is 1.34. The molecule has 1 aromatic rings. The number of methoxy groups -OCH3 is 1. The Morgan fingerprint density at radius 3 is 2.68 bits per heavy atom. The predicted molar refractivity (Wildman–Crippen MR) is 89.0 cm³/mol. The van der Waals surface area contributed by atoms with E-state index in [9.17, 15) is 14.4 Å². The number of rotatable bonds is 6. The van der Waals surface area contributed by atoms with E-state index in [4.69, 9.17) is 9.84 Å². The van der Waals surface area contributed by atoms with Gasteiger partial charge in [-0.05, 0) is 37.5 Å². The van der Waals surface area contributed by atoms with Crippen LogP contribution in [0, 0.1) is 5.92 Å². The van der Waals surface area contributed by atoms with Gasteiger partial charge in [-0.3, -0.25) is 14.4 Å². The van der Waals surface area contributed by atoms with E-state index in [2.05, 4.69) is 5.32 Å². The summed E-state index contributed by atoms with van der Waals surface area (Å²) in [5.74, 6) is -1.51. The Morgan fingerprint density at radius 1 is 1.36 bits per heavy atom. The number of aliphatic carboxylic acids is 1. The Hall–Kier alpha value is -2.57. The molecule has 1 aromatic carbocycles. The molecule has 2 amide bonds. The topological polar surface area (TPSA) is 95.9 Å². The van der Waals surface area contributed by atoms with Gasteiger partial charge in [-0.25, -0.2) is 0 Å². The van der Waals surface area contributed by atoms with Gasteiger partial charge in [0.25, 0.3) is 0 Å². The number of nitrogens with one attached hydrogen (secondary N) is 1. The molecule has 7 nitrogen and oxygen atoms in total. The first-order valence-corrected chi connectivity index (χ1v) is 8.40. The molecule has 1 heterocycles. The zero-order valence-corrected chi connectivity index (χ0v) is 14.3. The van der Waals surface area contributed by atoms with E-state index in [0.717, 1.165) is 18.4 Å². The maximum Gasteiger partial charge on any atom is 0.325 e. The number of hydrogen-bond donors (Lipinski definition) is 2. The maximum atomic E-state index is 12.6. The smallest absolute Gasteiger partial charge is 0.325 e. The van der Waals surface area contributed by atoms with Crippen molar-refractivity contribution in [3.8, 4) is 5.75 Å². The van der Waals surface area contributed by atoms with Crippen LogP contribution in [0.4, 0.5) is 0 Å². The quantitative estimate of drug-likeness (QED) is 0.810. The van der Waals surface area contributed by atoms with Crippen LogP contribution in [0.25, 0.3) is 0 Å². The summed E-state index contributed by atoms with van der Waals surface area (Å²) in [4.78, 5) is 38.0. The number of amides is 2. The number of benzene rings is 1. The van der Waals surface area contributed by atoms with Crippen LogP contribution in [0.5, 0.6) is 5.75 Å². The van der Waals surface area contributed by atoms with Crippen molar-refractivity contribution in [1.82, 2.24) is 10.2 Å². The molecule has 1 aliphatic heterocycles. The third-order valence-electron chi connectivity index (χ3n) is 4.80. The van der Waals surface area contributed by atoms with E-state index in [1.165, 1.54) is 6.92 Å². The summed E-state index contributed by atoms with van der Waals surface area (Å²) in [7, 11) is 1.57. The molecule has 2 aliphatic rings. The number of carboxylic acids is 1. The van der Waals surface area contributed by atoms with Crippen LogP contribution < -0.4 is 10.1 Å². The summed E-state index contributed by atoms with van der Waals surface area (Å²) in [6.45, 7) is 1.41. The highest BCUT2D eigenvalue weighted by Crippen LogP contribution is 2.45. The van der Waals surface area contributed by atoms with Crippen molar-refractivity contribution < 1.29 is 24.2 Å². The first-order valence-electron chi connectivity index (χ1n) is 8.40. The Labute approximate surface area is 146 Å². The van der Waals surface area contributed by atoms with Gasteiger partial charge in [-0.2, -0.15) is 0 Å². The molecule has 3 rings (SSSR count). The third kappa shape index (κ3) is 3.45. The molecular weight excluding hydrogens is 324 g/mol. The molecule has 0 spiro atoms. The second-order valence-corrected chi connectivity index (χ2v) is 6.63. The lowest BCUT2D eigenvalue weighted by Crippen LogP contribution is -2.43. The minimum atomic E-state index is -1.10. The van der Waals surface area contributed by atoms with Crippen LogP contribution >= 0.6 is 0 Å². The van der Waals surface area contributed by atoms with Crippen LogP contribution in [0.15, 0.2) is 24.3 Å². The highest BCUT2D eigenvalue weighted by molar-refractivity contribution is 5.92. The van der Waals surface area contributed by atoms with Gasteiger partial charge < -0.3 is 20.1 Å². The average molecular weight is 346 g/mol. The fraction of sp³-hybridized carbons (Fsp3) is 0.500. The fourth-order valence-electron chi connectivity index (χ4n) is 3.37. The Balaban J connectivity index is 1.91. The van der Waals surface area contributed by atoms with E-state index < -0.39 is 29.9 Å². The van der Waals surface area contributed by atoms with Crippen molar-refractivity contribution in [2.24, 2.45) is 5.92 Å². The highest BCUT2D eigenvalue weighted by Gasteiger charge is 2.50. The summed E-state index contributed by atoms with van der Waals surface area (Å²) in [6.07, 6.45) is 1.97. The molecule has 0 bridgehead atoms. The SMILES string of the molecule is COc1cccc(C2C(C(=O)NC(C)C(=O)O)CC(=O)N2C2CC2)c1. The molecule has 0 radical (unpaired) electrons.